The molecule has 26 heavy (non-hydrogen) atoms. The molecule has 0 aromatic heterocycles. The van der Waals surface area contributed by atoms with E-state index in [0.717, 1.165) is 5.56 Å². The standard InChI is InChI=1S/C20H17ClN2O2S/c1-12(2)14-8-6-13(7-9-14)10-17-18(24)22-20(26)23(19(17)25)16-5-3-4-15(21)11-16/h3-12H,1-2H3,(H,22,24,26). The van der Waals surface area contributed by atoms with Crippen molar-refractivity contribution in [2.24, 2.45) is 0 Å². The first kappa shape index (κ1) is 18.3. The monoisotopic (exact) mass is 384 g/mol. The molecule has 1 fully saturated rings. The Bertz CT molecular complexity index is 920. The molecule has 1 saturated heterocycles. The van der Waals surface area contributed by atoms with Gasteiger partial charge in [-0.25, -0.2) is 0 Å². The third-order valence-electron chi connectivity index (χ3n) is 4.08. The van der Waals surface area contributed by atoms with Gasteiger partial charge in [-0.1, -0.05) is 55.8 Å². The molecule has 0 aliphatic carbocycles. The van der Waals surface area contributed by atoms with Crippen molar-refractivity contribution in [3.63, 3.8) is 0 Å². The van der Waals surface area contributed by atoms with Crippen LogP contribution in [0.4, 0.5) is 5.69 Å². The Morgan fingerprint density at radius 3 is 2.42 bits per heavy atom. The lowest BCUT2D eigenvalue weighted by Gasteiger charge is -2.29. The second-order valence-corrected chi connectivity index (χ2v) is 7.08. The summed E-state index contributed by atoms with van der Waals surface area (Å²) >= 11 is 11.2. The first-order valence-corrected chi connectivity index (χ1v) is 8.92. The van der Waals surface area contributed by atoms with E-state index in [1.807, 2.05) is 24.3 Å². The molecule has 0 unspecified atom stereocenters. The lowest BCUT2D eigenvalue weighted by molar-refractivity contribution is -0.122. The van der Waals surface area contributed by atoms with E-state index < -0.39 is 11.8 Å². The van der Waals surface area contributed by atoms with E-state index in [4.69, 9.17) is 23.8 Å². The Kier molecular flexibility index (Phi) is 5.20. The van der Waals surface area contributed by atoms with Gasteiger partial charge in [-0.3, -0.25) is 19.8 Å². The highest BCUT2D eigenvalue weighted by molar-refractivity contribution is 7.80. The average molecular weight is 385 g/mol. The summed E-state index contributed by atoms with van der Waals surface area (Å²) in [5.74, 6) is -0.577. The van der Waals surface area contributed by atoms with Crippen LogP contribution in [0.5, 0.6) is 0 Å². The zero-order chi connectivity index (χ0) is 18.8. The molecule has 0 atom stereocenters. The average Bonchev–Trinajstić information content (AvgIpc) is 2.59. The molecular weight excluding hydrogens is 368 g/mol. The van der Waals surface area contributed by atoms with Crippen LogP contribution in [0.2, 0.25) is 5.02 Å². The number of carbonyl (C=O) groups excluding carboxylic acids is 2. The molecule has 1 aliphatic rings. The van der Waals surface area contributed by atoms with Crippen LogP contribution in [0, 0.1) is 0 Å². The maximum atomic E-state index is 12.9. The van der Waals surface area contributed by atoms with Crippen molar-refractivity contribution < 1.29 is 9.59 Å². The Hall–Kier alpha value is -2.50. The van der Waals surface area contributed by atoms with Crippen molar-refractivity contribution >= 4 is 52.5 Å². The van der Waals surface area contributed by atoms with Gasteiger partial charge >= 0.3 is 0 Å². The van der Waals surface area contributed by atoms with E-state index in [0.29, 0.717) is 16.6 Å². The number of carbonyl (C=O) groups is 2. The van der Waals surface area contributed by atoms with Gasteiger partial charge in [-0.15, -0.1) is 0 Å². The number of hydrogen-bond donors (Lipinski definition) is 1. The number of rotatable bonds is 3. The number of halogens is 1. The topological polar surface area (TPSA) is 49.4 Å². The van der Waals surface area contributed by atoms with Crippen molar-refractivity contribution in [2.45, 2.75) is 19.8 Å². The minimum atomic E-state index is -0.508. The van der Waals surface area contributed by atoms with Crippen LogP contribution in [0.25, 0.3) is 6.08 Å². The molecule has 132 valence electrons. The van der Waals surface area contributed by atoms with Crippen molar-refractivity contribution in [1.29, 1.82) is 0 Å². The van der Waals surface area contributed by atoms with Gasteiger partial charge in [-0.2, -0.15) is 0 Å². The van der Waals surface area contributed by atoms with Crippen LogP contribution in [0.15, 0.2) is 54.1 Å². The predicted molar refractivity (Wildman–Crippen MR) is 108 cm³/mol. The van der Waals surface area contributed by atoms with Crippen molar-refractivity contribution in [1.82, 2.24) is 5.32 Å². The van der Waals surface area contributed by atoms with E-state index in [-0.39, 0.29) is 10.7 Å². The van der Waals surface area contributed by atoms with E-state index >= 15 is 0 Å². The van der Waals surface area contributed by atoms with Crippen molar-refractivity contribution in [3.05, 3.63) is 70.3 Å². The highest BCUT2D eigenvalue weighted by Gasteiger charge is 2.34. The van der Waals surface area contributed by atoms with E-state index in [9.17, 15) is 9.59 Å². The normalized spacial score (nSPS) is 16.4. The van der Waals surface area contributed by atoms with Gasteiger partial charge in [0.25, 0.3) is 11.8 Å². The molecular formula is C20H17ClN2O2S. The minimum Gasteiger partial charge on any atom is -0.298 e. The molecule has 1 N–H and O–H groups in total. The largest absolute Gasteiger partial charge is 0.298 e. The number of nitrogens with zero attached hydrogens (tertiary/aromatic N) is 1. The first-order valence-electron chi connectivity index (χ1n) is 8.14. The van der Waals surface area contributed by atoms with Crippen LogP contribution >= 0.6 is 23.8 Å². The van der Waals surface area contributed by atoms with Gasteiger partial charge in [0, 0.05) is 5.02 Å². The number of hydrogen-bond acceptors (Lipinski definition) is 3. The summed E-state index contributed by atoms with van der Waals surface area (Å²) < 4.78 is 0. The Balaban J connectivity index is 1.97. The van der Waals surface area contributed by atoms with E-state index in [1.54, 1.807) is 30.3 Å². The highest BCUT2D eigenvalue weighted by atomic mass is 35.5. The molecule has 1 heterocycles. The molecule has 1 aliphatic heterocycles. The molecule has 2 aromatic rings. The van der Waals surface area contributed by atoms with Crippen LogP contribution < -0.4 is 10.2 Å². The number of amides is 2. The molecule has 4 nitrogen and oxygen atoms in total. The van der Waals surface area contributed by atoms with Gasteiger partial charge in [0.2, 0.25) is 0 Å². The number of benzene rings is 2. The third kappa shape index (κ3) is 3.69. The third-order valence-corrected chi connectivity index (χ3v) is 4.60. The Morgan fingerprint density at radius 1 is 1.12 bits per heavy atom. The fourth-order valence-electron chi connectivity index (χ4n) is 2.65. The van der Waals surface area contributed by atoms with Gasteiger partial charge in [0.05, 0.1) is 5.69 Å². The molecule has 0 bridgehead atoms. The second-order valence-electron chi connectivity index (χ2n) is 6.26. The summed E-state index contributed by atoms with van der Waals surface area (Å²) in [6, 6.07) is 14.5. The van der Waals surface area contributed by atoms with Gasteiger partial charge in [0.15, 0.2) is 5.11 Å². The zero-order valence-corrected chi connectivity index (χ0v) is 15.9. The summed E-state index contributed by atoms with van der Waals surface area (Å²) in [6.45, 7) is 4.21. The van der Waals surface area contributed by atoms with E-state index in [1.165, 1.54) is 10.5 Å². The number of nitrogens with one attached hydrogen (secondary N) is 1. The fourth-order valence-corrected chi connectivity index (χ4v) is 3.12. The predicted octanol–water partition coefficient (Wildman–Crippen LogP) is 4.29. The minimum absolute atomic E-state index is 0.0240. The molecule has 0 radical (unpaired) electrons. The Labute approximate surface area is 162 Å². The summed E-state index contributed by atoms with van der Waals surface area (Å²) in [4.78, 5) is 26.5. The fraction of sp³-hybridized carbons (Fsp3) is 0.150. The molecule has 0 saturated carbocycles. The number of thiocarbonyl (C=S) groups is 1. The number of anilines is 1. The molecule has 0 spiro atoms. The van der Waals surface area contributed by atoms with Crippen molar-refractivity contribution in [3.8, 4) is 0 Å². The van der Waals surface area contributed by atoms with E-state index in [2.05, 4.69) is 19.2 Å². The van der Waals surface area contributed by atoms with Gasteiger partial charge in [-0.05, 0) is 53.5 Å². The summed E-state index contributed by atoms with van der Waals surface area (Å²) in [5, 5.41) is 3.08. The van der Waals surface area contributed by atoms with Crippen molar-refractivity contribution in [2.75, 3.05) is 4.90 Å². The molecule has 3 rings (SSSR count). The lowest BCUT2D eigenvalue weighted by atomic mass is 10.0. The Morgan fingerprint density at radius 2 is 1.81 bits per heavy atom. The quantitative estimate of drug-likeness (QED) is 0.487. The summed E-state index contributed by atoms with van der Waals surface area (Å²) in [6.07, 6.45) is 1.57. The van der Waals surface area contributed by atoms with Crippen LogP contribution in [0.1, 0.15) is 30.9 Å². The second kappa shape index (κ2) is 7.40. The SMILES string of the molecule is CC(C)c1ccc(C=C2C(=O)NC(=S)N(c3cccc(Cl)c3)C2=O)cc1. The van der Waals surface area contributed by atoms with Gasteiger partial charge < -0.3 is 0 Å². The van der Waals surface area contributed by atoms with Crippen LogP contribution in [-0.4, -0.2) is 16.9 Å². The van der Waals surface area contributed by atoms with Gasteiger partial charge in [0.1, 0.15) is 5.57 Å². The molecule has 2 aromatic carbocycles. The van der Waals surface area contributed by atoms with Crippen LogP contribution in [0.3, 0.4) is 0 Å². The van der Waals surface area contributed by atoms with Crippen LogP contribution in [-0.2, 0) is 9.59 Å². The highest BCUT2D eigenvalue weighted by Crippen LogP contribution is 2.25. The summed E-state index contributed by atoms with van der Waals surface area (Å²) in [7, 11) is 0. The molecule has 6 heteroatoms. The summed E-state index contributed by atoms with van der Waals surface area (Å²) in [5.41, 5.74) is 2.49. The first-order chi connectivity index (χ1) is 12.4. The maximum Gasteiger partial charge on any atom is 0.270 e. The maximum absolute atomic E-state index is 12.9. The zero-order valence-electron chi connectivity index (χ0n) is 14.3. The lowest BCUT2D eigenvalue weighted by Crippen LogP contribution is -2.54. The molecule has 2 amide bonds. The smallest absolute Gasteiger partial charge is 0.270 e.